The summed E-state index contributed by atoms with van der Waals surface area (Å²) in [7, 11) is 0. The molecule has 3 rings (SSSR count). The van der Waals surface area contributed by atoms with Crippen LogP contribution >= 0.6 is 0 Å². The van der Waals surface area contributed by atoms with Gasteiger partial charge in [-0.25, -0.2) is 0 Å². The molecule has 0 bridgehead atoms. The Morgan fingerprint density at radius 2 is 2.06 bits per heavy atom. The van der Waals surface area contributed by atoms with Crippen molar-refractivity contribution in [1.29, 1.82) is 0 Å². The Labute approximate surface area is 96.8 Å². The van der Waals surface area contributed by atoms with Gasteiger partial charge < -0.3 is 14.2 Å². The average Bonchev–Trinajstić information content (AvgIpc) is 2.45. The lowest BCUT2D eigenvalue weighted by Gasteiger charge is -2.40. The van der Waals surface area contributed by atoms with E-state index in [4.69, 9.17) is 14.2 Å². The van der Waals surface area contributed by atoms with Gasteiger partial charge >= 0.3 is 0 Å². The largest absolute Gasteiger partial charge is 0.371 e. The molecule has 3 aliphatic heterocycles. The zero-order chi connectivity index (χ0) is 11.0. The van der Waals surface area contributed by atoms with Gasteiger partial charge in [0, 0.05) is 13.2 Å². The second-order valence-electron chi connectivity index (χ2n) is 5.17. The van der Waals surface area contributed by atoms with Gasteiger partial charge in [-0.05, 0) is 32.6 Å². The summed E-state index contributed by atoms with van der Waals surface area (Å²) in [5, 5.41) is 0. The topological polar surface area (TPSA) is 27.7 Å². The van der Waals surface area contributed by atoms with E-state index < -0.39 is 0 Å². The fourth-order valence-electron chi connectivity index (χ4n) is 2.90. The zero-order valence-electron chi connectivity index (χ0n) is 9.85. The zero-order valence-corrected chi connectivity index (χ0v) is 9.85. The summed E-state index contributed by atoms with van der Waals surface area (Å²) in [6, 6.07) is 0. The first-order valence-electron chi connectivity index (χ1n) is 6.38. The normalized spacial score (nSPS) is 47.9. The smallest absolute Gasteiger partial charge is 0.110 e. The Kier molecular flexibility index (Phi) is 2.78. The maximum Gasteiger partial charge on any atom is 0.110 e. The summed E-state index contributed by atoms with van der Waals surface area (Å²) >= 11 is 0. The van der Waals surface area contributed by atoms with Crippen molar-refractivity contribution in [2.24, 2.45) is 0 Å². The number of fused-ring (bicyclic) bond motifs is 2. The molecule has 0 aromatic heterocycles. The van der Waals surface area contributed by atoms with Crippen molar-refractivity contribution in [3.63, 3.8) is 0 Å². The fraction of sp³-hybridized carbons (Fsp3) is 0.846. The van der Waals surface area contributed by atoms with Crippen LogP contribution in [0.25, 0.3) is 0 Å². The van der Waals surface area contributed by atoms with Crippen LogP contribution in [0, 0.1) is 0 Å². The van der Waals surface area contributed by atoms with Crippen LogP contribution < -0.4 is 0 Å². The SMILES string of the molecule is C[C@@]12C=C[C@@H]3OCCC[C@H]3O[C@H]1CCCO2. The molecule has 0 unspecified atom stereocenters. The molecule has 0 saturated carbocycles. The van der Waals surface area contributed by atoms with Crippen molar-refractivity contribution in [3.8, 4) is 0 Å². The van der Waals surface area contributed by atoms with Crippen molar-refractivity contribution in [1.82, 2.24) is 0 Å². The van der Waals surface area contributed by atoms with E-state index in [1.807, 2.05) is 0 Å². The van der Waals surface area contributed by atoms with Crippen LogP contribution in [0.5, 0.6) is 0 Å². The molecule has 3 nitrogen and oxygen atoms in total. The van der Waals surface area contributed by atoms with E-state index in [2.05, 4.69) is 19.1 Å². The van der Waals surface area contributed by atoms with Crippen LogP contribution in [0.3, 0.4) is 0 Å². The summed E-state index contributed by atoms with van der Waals surface area (Å²) in [6.07, 6.45) is 9.31. The molecule has 2 fully saturated rings. The third-order valence-electron chi connectivity index (χ3n) is 3.93. The van der Waals surface area contributed by atoms with Crippen LogP contribution in [0.2, 0.25) is 0 Å². The second-order valence-corrected chi connectivity index (χ2v) is 5.17. The van der Waals surface area contributed by atoms with Gasteiger partial charge in [0.05, 0.1) is 12.2 Å². The minimum Gasteiger partial charge on any atom is -0.371 e. The molecule has 4 atom stereocenters. The molecule has 90 valence electrons. The summed E-state index contributed by atoms with van der Waals surface area (Å²) in [6.45, 7) is 3.83. The third kappa shape index (κ3) is 1.81. The minimum atomic E-state index is -0.237. The molecule has 0 radical (unpaired) electrons. The van der Waals surface area contributed by atoms with E-state index in [-0.39, 0.29) is 23.9 Å². The summed E-state index contributed by atoms with van der Waals surface area (Å²) < 4.78 is 17.8. The molecule has 2 saturated heterocycles. The first-order chi connectivity index (χ1) is 7.78. The maximum atomic E-state index is 6.21. The highest BCUT2D eigenvalue weighted by atomic mass is 16.6. The molecule has 0 aliphatic carbocycles. The van der Waals surface area contributed by atoms with Gasteiger partial charge in [0.15, 0.2) is 0 Å². The monoisotopic (exact) mass is 224 g/mol. The number of hydrogen-bond acceptors (Lipinski definition) is 3. The Bertz CT molecular complexity index is 289. The fourth-order valence-corrected chi connectivity index (χ4v) is 2.90. The van der Waals surface area contributed by atoms with Gasteiger partial charge in [-0.1, -0.05) is 12.2 Å². The number of rotatable bonds is 0. The van der Waals surface area contributed by atoms with Crippen LogP contribution in [-0.4, -0.2) is 37.1 Å². The first kappa shape index (κ1) is 10.8. The molecule has 3 heterocycles. The second kappa shape index (κ2) is 4.13. The van der Waals surface area contributed by atoms with Gasteiger partial charge in [-0.15, -0.1) is 0 Å². The number of hydrogen-bond donors (Lipinski definition) is 0. The van der Waals surface area contributed by atoms with Gasteiger partial charge in [0.2, 0.25) is 0 Å². The van der Waals surface area contributed by atoms with Crippen molar-refractivity contribution >= 4 is 0 Å². The molecule has 0 spiro atoms. The van der Waals surface area contributed by atoms with E-state index in [1.54, 1.807) is 0 Å². The highest BCUT2D eigenvalue weighted by Gasteiger charge is 2.42. The maximum absolute atomic E-state index is 6.21. The number of ether oxygens (including phenoxy) is 3. The van der Waals surface area contributed by atoms with Gasteiger partial charge in [0.1, 0.15) is 11.7 Å². The van der Waals surface area contributed by atoms with E-state index in [1.165, 1.54) is 0 Å². The highest BCUT2D eigenvalue weighted by molar-refractivity contribution is 5.12. The standard InChI is InChI=1S/C13H20O3/c1-13-7-6-10-11(4-2-8-14-10)16-12(13)5-3-9-15-13/h6-7,10-12H,2-5,8-9H2,1H3/t10-,11+,12-,13+/m0/s1. The molecular formula is C13H20O3. The van der Waals surface area contributed by atoms with Crippen molar-refractivity contribution in [3.05, 3.63) is 12.2 Å². The molecule has 3 aliphatic rings. The predicted molar refractivity (Wildman–Crippen MR) is 60.4 cm³/mol. The molecule has 3 heteroatoms. The predicted octanol–water partition coefficient (Wildman–Crippen LogP) is 2.06. The highest BCUT2D eigenvalue weighted by Crippen LogP contribution is 2.35. The van der Waals surface area contributed by atoms with Crippen LogP contribution in [0.4, 0.5) is 0 Å². The molecule has 0 N–H and O–H groups in total. The Balaban J connectivity index is 1.83. The Hall–Kier alpha value is -0.380. The molecule has 16 heavy (non-hydrogen) atoms. The minimum absolute atomic E-state index is 0.139. The lowest BCUT2D eigenvalue weighted by molar-refractivity contribution is -0.181. The van der Waals surface area contributed by atoms with Crippen LogP contribution in [0.15, 0.2) is 12.2 Å². The molecule has 0 amide bonds. The lowest BCUT2D eigenvalue weighted by Crippen LogP contribution is -2.47. The van der Waals surface area contributed by atoms with Crippen molar-refractivity contribution in [2.45, 2.75) is 56.5 Å². The average molecular weight is 224 g/mol. The molecular weight excluding hydrogens is 204 g/mol. The quantitative estimate of drug-likeness (QED) is 0.589. The summed E-state index contributed by atoms with van der Waals surface area (Å²) in [5.74, 6) is 0. The van der Waals surface area contributed by atoms with Gasteiger partial charge in [0.25, 0.3) is 0 Å². The molecule has 0 aromatic rings. The van der Waals surface area contributed by atoms with Crippen molar-refractivity contribution in [2.75, 3.05) is 13.2 Å². The van der Waals surface area contributed by atoms with Crippen LogP contribution in [0.1, 0.15) is 32.6 Å². The van der Waals surface area contributed by atoms with E-state index in [0.29, 0.717) is 0 Å². The van der Waals surface area contributed by atoms with Gasteiger partial charge in [-0.2, -0.15) is 0 Å². The summed E-state index contributed by atoms with van der Waals surface area (Å²) in [5.41, 5.74) is -0.237. The van der Waals surface area contributed by atoms with Crippen LogP contribution in [-0.2, 0) is 14.2 Å². The van der Waals surface area contributed by atoms with E-state index in [9.17, 15) is 0 Å². The lowest BCUT2D eigenvalue weighted by atomic mass is 9.92. The Morgan fingerprint density at radius 1 is 1.19 bits per heavy atom. The first-order valence-corrected chi connectivity index (χ1v) is 6.38. The van der Waals surface area contributed by atoms with E-state index >= 15 is 0 Å². The Morgan fingerprint density at radius 3 is 3.00 bits per heavy atom. The third-order valence-corrected chi connectivity index (χ3v) is 3.93. The molecule has 0 aromatic carbocycles. The van der Waals surface area contributed by atoms with Crippen molar-refractivity contribution < 1.29 is 14.2 Å². The van der Waals surface area contributed by atoms with E-state index in [0.717, 1.165) is 38.9 Å². The summed E-state index contributed by atoms with van der Waals surface area (Å²) in [4.78, 5) is 0. The van der Waals surface area contributed by atoms with Gasteiger partial charge in [-0.3, -0.25) is 0 Å².